The van der Waals surface area contributed by atoms with Gasteiger partial charge in [0.05, 0.1) is 6.04 Å². The highest BCUT2D eigenvalue weighted by Gasteiger charge is 2.42. The number of anilines is 1. The summed E-state index contributed by atoms with van der Waals surface area (Å²) < 4.78 is 39.7. The zero-order valence-corrected chi connectivity index (χ0v) is 16.4. The van der Waals surface area contributed by atoms with Crippen molar-refractivity contribution in [2.75, 3.05) is 45.2 Å². The van der Waals surface area contributed by atoms with Crippen LogP contribution < -0.4 is 4.90 Å². The molecule has 0 saturated carbocycles. The molecule has 2 aromatic rings. The first-order valence-corrected chi connectivity index (χ1v) is 9.72. The molecule has 4 heterocycles. The minimum atomic E-state index is -4.36. The van der Waals surface area contributed by atoms with E-state index in [4.69, 9.17) is 0 Å². The van der Waals surface area contributed by atoms with Gasteiger partial charge in [0.15, 0.2) is 11.5 Å². The molecular formula is C18H24F3N7O. The highest BCUT2D eigenvalue weighted by Crippen LogP contribution is 2.31. The average Bonchev–Trinajstić information content (AvgIpc) is 3.24. The van der Waals surface area contributed by atoms with Crippen molar-refractivity contribution >= 4 is 17.4 Å². The normalized spacial score (nSPS) is 22.0. The lowest BCUT2D eigenvalue weighted by molar-refractivity contribution is -0.159. The zero-order chi connectivity index (χ0) is 20.8. The summed E-state index contributed by atoms with van der Waals surface area (Å²) in [6, 6.07) is 3.31. The maximum atomic E-state index is 12.6. The summed E-state index contributed by atoms with van der Waals surface area (Å²) in [5.74, 6) is 1.33. The van der Waals surface area contributed by atoms with Crippen LogP contribution in [0.3, 0.4) is 0 Å². The molecule has 0 spiro atoms. The van der Waals surface area contributed by atoms with Crippen LogP contribution in [0.2, 0.25) is 0 Å². The van der Waals surface area contributed by atoms with E-state index in [1.807, 2.05) is 36.0 Å². The van der Waals surface area contributed by atoms with Gasteiger partial charge in [0.25, 0.3) is 0 Å². The minimum absolute atomic E-state index is 0.147. The number of hydrogen-bond donors (Lipinski definition) is 0. The second kappa shape index (κ2) is 7.43. The van der Waals surface area contributed by atoms with Crippen molar-refractivity contribution in [1.29, 1.82) is 0 Å². The molecule has 2 saturated heterocycles. The first kappa shape index (κ1) is 19.9. The standard InChI is InChI=1S/C18H24F3N7O/c1-25(2)15-4-3-14-22-23-16(28(14)24-15)12-5-8-26(9-6-12)13-7-10-27(17(13)29)11-18(19,20)21/h3-4,12-13H,5-11H2,1-2H3. The van der Waals surface area contributed by atoms with E-state index in [2.05, 4.69) is 15.3 Å². The largest absolute Gasteiger partial charge is 0.406 e. The molecule has 2 aliphatic heterocycles. The molecule has 0 N–H and O–H groups in total. The van der Waals surface area contributed by atoms with Crippen molar-refractivity contribution in [3.05, 3.63) is 18.0 Å². The van der Waals surface area contributed by atoms with E-state index >= 15 is 0 Å². The number of likely N-dealkylation sites (tertiary alicyclic amines) is 2. The van der Waals surface area contributed by atoms with Crippen LogP contribution in [-0.4, -0.2) is 88.0 Å². The maximum Gasteiger partial charge on any atom is 0.406 e. The Morgan fingerprint density at radius 3 is 2.48 bits per heavy atom. The third kappa shape index (κ3) is 4.00. The van der Waals surface area contributed by atoms with E-state index in [-0.39, 0.29) is 12.5 Å². The molecule has 0 aliphatic carbocycles. The molecule has 1 amide bonds. The zero-order valence-electron chi connectivity index (χ0n) is 16.4. The van der Waals surface area contributed by atoms with Gasteiger partial charge in [0.2, 0.25) is 5.91 Å². The number of carbonyl (C=O) groups is 1. The molecule has 29 heavy (non-hydrogen) atoms. The summed E-state index contributed by atoms with van der Waals surface area (Å²) in [5.41, 5.74) is 0.682. The van der Waals surface area contributed by atoms with Gasteiger partial charge in [-0.15, -0.1) is 15.3 Å². The van der Waals surface area contributed by atoms with Crippen LogP contribution in [0.1, 0.15) is 31.0 Å². The number of halogens is 3. The fourth-order valence-corrected chi connectivity index (χ4v) is 4.19. The SMILES string of the molecule is CN(C)c1ccc2nnc(C3CCN(C4CCN(CC(F)(F)F)C4=O)CC3)n2n1. The summed E-state index contributed by atoms with van der Waals surface area (Å²) in [6.07, 6.45) is -2.39. The molecular weight excluding hydrogens is 387 g/mol. The number of fused-ring (bicyclic) bond motifs is 1. The molecule has 8 nitrogen and oxygen atoms in total. The third-order valence-corrected chi connectivity index (χ3v) is 5.71. The lowest BCUT2D eigenvalue weighted by Gasteiger charge is -2.34. The van der Waals surface area contributed by atoms with Crippen LogP contribution in [-0.2, 0) is 4.79 Å². The van der Waals surface area contributed by atoms with Crippen molar-refractivity contribution in [3.8, 4) is 0 Å². The van der Waals surface area contributed by atoms with Crippen LogP contribution in [0.15, 0.2) is 12.1 Å². The second-order valence-electron chi connectivity index (χ2n) is 7.90. The predicted octanol–water partition coefficient (Wildman–Crippen LogP) is 1.53. The van der Waals surface area contributed by atoms with E-state index < -0.39 is 24.7 Å². The van der Waals surface area contributed by atoms with E-state index in [0.717, 1.165) is 29.4 Å². The van der Waals surface area contributed by atoms with Gasteiger partial charge >= 0.3 is 6.18 Å². The van der Waals surface area contributed by atoms with Gasteiger partial charge in [-0.3, -0.25) is 9.69 Å². The fourth-order valence-electron chi connectivity index (χ4n) is 4.19. The van der Waals surface area contributed by atoms with Gasteiger partial charge in [0, 0.05) is 26.6 Å². The molecule has 0 bridgehead atoms. The Hall–Kier alpha value is -2.43. The monoisotopic (exact) mass is 411 g/mol. The fraction of sp³-hybridized carbons (Fsp3) is 0.667. The third-order valence-electron chi connectivity index (χ3n) is 5.71. The highest BCUT2D eigenvalue weighted by molar-refractivity contribution is 5.84. The summed E-state index contributed by atoms with van der Waals surface area (Å²) >= 11 is 0. The van der Waals surface area contributed by atoms with Crippen molar-refractivity contribution in [1.82, 2.24) is 29.6 Å². The van der Waals surface area contributed by atoms with Crippen molar-refractivity contribution < 1.29 is 18.0 Å². The molecule has 1 atom stereocenters. The lowest BCUT2D eigenvalue weighted by atomic mass is 9.95. The Kier molecular flexibility index (Phi) is 5.09. The lowest BCUT2D eigenvalue weighted by Crippen LogP contribution is -2.46. The van der Waals surface area contributed by atoms with Gasteiger partial charge in [-0.2, -0.15) is 17.7 Å². The van der Waals surface area contributed by atoms with Crippen molar-refractivity contribution in [2.24, 2.45) is 0 Å². The van der Waals surface area contributed by atoms with Crippen LogP contribution >= 0.6 is 0 Å². The van der Waals surface area contributed by atoms with Crippen molar-refractivity contribution in [3.63, 3.8) is 0 Å². The summed E-state index contributed by atoms with van der Waals surface area (Å²) in [7, 11) is 3.83. The van der Waals surface area contributed by atoms with E-state index in [0.29, 0.717) is 25.2 Å². The summed E-state index contributed by atoms with van der Waals surface area (Å²) in [6.45, 7) is 0.284. The number of alkyl halides is 3. The number of aromatic nitrogens is 4. The maximum absolute atomic E-state index is 12.6. The van der Waals surface area contributed by atoms with Gasteiger partial charge in [-0.1, -0.05) is 0 Å². The topological polar surface area (TPSA) is 69.9 Å². The first-order valence-electron chi connectivity index (χ1n) is 9.72. The summed E-state index contributed by atoms with van der Waals surface area (Å²) in [4.78, 5) is 17.3. The van der Waals surface area contributed by atoms with Gasteiger partial charge in [-0.05, 0) is 44.5 Å². The number of rotatable bonds is 4. The number of nitrogens with zero attached hydrogens (tertiary/aromatic N) is 7. The predicted molar refractivity (Wildman–Crippen MR) is 99.7 cm³/mol. The Balaban J connectivity index is 1.42. The molecule has 0 aromatic carbocycles. The Labute approximate surface area is 166 Å². The second-order valence-corrected chi connectivity index (χ2v) is 7.90. The molecule has 2 fully saturated rings. The molecule has 11 heteroatoms. The Bertz CT molecular complexity index is 889. The van der Waals surface area contributed by atoms with Crippen molar-refractivity contribution in [2.45, 2.75) is 37.4 Å². The first-order chi connectivity index (χ1) is 13.7. The van der Waals surface area contributed by atoms with E-state index in [1.165, 1.54) is 0 Å². The molecule has 2 aliphatic rings. The number of amides is 1. The highest BCUT2D eigenvalue weighted by atomic mass is 19.4. The Morgan fingerprint density at radius 2 is 1.83 bits per heavy atom. The molecule has 2 aromatic heterocycles. The van der Waals surface area contributed by atoms with Crippen LogP contribution in [0.4, 0.5) is 19.0 Å². The summed E-state index contributed by atoms with van der Waals surface area (Å²) in [5, 5.41) is 13.1. The van der Waals surface area contributed by atoms with Crippen LogP contribution in [0.25, 0.3) is 5.65 Å². The van der Waals surface area contributed by atoms with Gasteiger partial charge in [0.1, 0.15) is 12.4 Å². The average molecular weight is 411 g/mol. The Morgan fingerprint density at radius 1 is 1.10 bits per heavy atom. The number of piperidine rings is 1. The van der Waals surface area contributed by atoms with E-state index in [1.54, 1.807) is 4.52 Å². The van der Waals surface area contributed by atoms with Gasteiger partial charge in [-0.25, -0.2) is 0 Å². The van der Waals surface area contributed by atoms with Gasteiger partial charge < -0.3 is 9.80 Å². The minimum Gasteiger partial charge on any atom is -0.361 e. The van der Waals surface area contributed by atoms with Crippen LogP contribution in [0, 0.1) is 0 Å². The van der Waals surface area contributed by atoms with Crippen LogP contribution in [0.5, 0.6) is 0 Å². The number of hydrogen-bond acceptors (Lipinski definition) is 6. The molecule has 4 rings (SSSR count). The quantitative estimate of drug-likeness (QED) is 0.760. The molecule has 0 radical (unpaired) electrons. The number of carbonyl (C=O) groups excluding carboxylic acids is 1. The molecule has 158 valence electrons. The molecule has 1 unspecified atom stereocenters. The van der Waals surface area contributed by atoms with E-state index in [9.17, 15) is 18.0 Å². The smallest absolute Gasteiger partial charge is 0.361 e.